The Hall–Kier alpha value is -0.840. The van der Waals surface area contributed by atoms with Gasteiger partial charge in [-0.25, -0.2) is 4.98 Å². The van der Waals surface area contributed by atoms with Gasteiger partial charge in [0.2, 0.25) is 0 Å². The number of anilines is 1. The first-order valence-electron chi connectivity index (χ1n) is 5.69. The molecule has 0 bridgehead atoms. The summed E-state index contributed by atoms with van der Waals surface area (Å²) in [6.07, 6.45) is 7.84. The molecule has 1 atom stereocenters. The van der Waals surface area contributed by atoms with E-state index in [2.05, 4.69) is 30.8 Å². The van der Waals surface area contributed by atoms with Crippen LogP contribution in [-0.2, 0) is 0 Å². The summed E-state index contributed by atoms with van der Waals surface area (Å²) < 4.78 is 0. The number of hydrogen-bond acceptors (Lipinski definition) is 3. The molecule has 5 heteroatoms. The Bertz CT molecular complexity index is 391. The number of nitrogens with zero attached hydrogens (tertiary/aromatic N) is 2. The van der Waals surface area contributed by atoms with Gasteiger partial charge in [-0.15, -0.1) is 0 Å². The molecule has 1 aliphatic rings. The maximum atomic E-state index is 11.7. The molecule has 1 aliphatic heterocycles. The van der Waals surface area contributed by atoms with Gasteiger partial charge in [0.1, 0.15) is 0 Å². The molecular formula is C11H16BrN3O. The van der Waals surface area contributed by atoms with E-state index in [1.54, 1.807) is 12.4 Å². The summed E-state index contributed by atoms with van der Waals surface area (Å²) in [5, 5.41) is 0.971. The van der Waals surface area contributed by atoms with Crippen LogP contribution < -0.4 is 10.5 Å². The maximum absolute atomic E-state index is 11.7. The van der Waals surface area contributed by atoms with Crippen molar-refractivity contribution in [2.24, 2.45) is 0 Å². The molecule has 1 N–H and O–H groups in total. The van der Waals surface area contributed by atoms with Crippen LogP contribution in [0.2, 0.25) is 0 Å². The van der Waals surface area contributed by atoms with Crippen LogP contribution in [0.1, 0.15) is 25.7 Å². The second-order valence-corrected chi connectivity index (χ2v) is 4.86. The van der Waals surface area contributed by atoms with Gasteiger partial charge in [-0.1, -0.05) is 15.9 Å². The lowest BCUT2D eigenvalue weighted by Gasteiger charge is -2.35. The van der Waals surface area contributed by atoms with E-state index in [1.165, 1.54) is 6.42 Å². The van der Waals surface area contributed by atoms with Crippen LogP contribution in [0.15, 0.2) is 17.2 Å². The summed E-state index contributed by atoms with van der Waals surface area (Å²) in [4.78, 5) is 20.7. The minimum atomic E-state index is -0.0797. The largest absolute Gasteiger partial charge is 0.349 e. The highest BCUT2D eigenvalue weighted by Gasteiger charge is 2.24. The van der Waals surface area contributed by atoms with E-state index in [0.717, 1.165) is 31.1 Å². The van der Waals surface area contributed by atoms with Crippen molar-refractivity contribution >= 4 is 21.7 Å². The smallest absolute Gasteiger partial charge is 0.290 e. The van der Waals surface area contributed by atoms with Crippen LogP contribution in [0.5, 0.6) is 0 Å². The molecule has 16 heavy (non-hydrogen) atoms. The van der Waals surface area contributed by atoms with Crippen molar-refractivity contribution in [3.63, 3.8) is 0 Å². The Morgan fingerprint density at radius 2 is 2.44 bits per heavy atom. The van der Waals surface area contributed by atoms with Gasteiger partial charge in [-0.3, -0.25) is 4.79 Å². The summed E-state index contributed by atoms with van der Waals surface area (Å²) in [6.45, 7) is 0.942. The third-order valence-electron chi connectivity index (χ3n) is 3.03. The molecule has 0 radical (unpaired) electrons. The highest BCUT2D eigenvalue weighted by atomic mass is 79.9. The molecule has 1 fully saturated rings. The van der Waals surface area contributed by atoms with Crippen LogP contribution >= 0.6 is 15.9 Å². The zero-order valence-corrected chi connectivity index (χ0v) is 10.7. The van der Waals surface area contributed by atoms with E-state index < -0.39 is 0 Å². The van der Waals surface area contributed by atoms with Crippen LogP contribution in [0.3, 0.4) is 0 Å². The molecule has 0 spiro atoms. The second-order valence-electron chi connectivity index (χ2n) is 4.06. The fourth-order valence-electron chi connectivity index (χ4n) is 2.25. The first-order valence-corrected chi connectivity index (χ1v) is 6.81. The third kappa shape index (κ3) is 2.45. The third-order valence-corrected chi connectivity index (χ3v) is 3.49. The number of alkyl halides is 1. The number of H-pyrrole nitrogens is 1. The molecule has 2 heterocycles. The lowest BCUT2D eigenvalue weighted by molar-refractivity contribution is 0.448. The fourth-order valence-corrected chi connectivity index (χ4v) is 2.78. The van der Waals surface area contributed by atoms with Gasteiger partial charge in [0, 0.05) is 30.3 Å². The average Bonchev–Trinajstić information content (AvgIpc) is 2.31. The second kappa shape index (κ2) is 5.48. The van der Waals surface area contributed by atoms with Gasteiger partial charge in [0.25, 0.3) is 5.56 Å². The number of aromatic amines is 1. The van der Waals surface area contributed by atoms with Crippen LogP contribution in [0.25, 0.3) is 0 Å². The molecule has 0 aliphatic carbocycles. The van der Waals surface area contributed by atoms with Gasteiger partial charge < -0.3 is 9.88 Å². The Balaban J connectivity index is 2.23. The predicted molar refractivity (Wildman–Crippen MR) is 68.3 cm³/mol. The van der Waals surface area contributed by atoms with Crippen molar-refractivity contribution in [3.8, 4) is 0 Å². The van der Waals surface area contributed by atoms with E-state index in [9.17, 15) is 4.79 Å². The minimum absolute atomic E-state index is 0.0797. The lowest BCUT2D eigenvalue weighted by Crippen LogP contribution is -2.43. The summed E-state index contributed by atoms with van der Waals surface area (Å²) >= 11 is 3.47. The van der Waals surface area contributed by atoms with E-state index in [4.69, 9.17) is 0 Å². The minimum Gasteiger partial charge on any atom is -0.349 e. The van der Waals surface area contributed by atoms with E-state index in [0.29, 0.717) is 11.9 Å². The lowest BCUT2D eigenvalue weighted by atomic mass is 10.0. The summed E-state index contributed by atoms with van der Waals surface area (Å²) in [7, 11) is 0. The first kappa shape index (κ1) is 11.6. The molecule has 2 rings (SSSR count). The maximum Gasteiger partial charge on any atom is 0.290 e. The van der Waals surface area contributed by atoms with Gasteiger partial charge >= 0.3 is 0 Å². The Labute approximate surface area is 103 Å². The average molecular weight is 286 g/mol. The van der Waals surface area contributed by atoms with Crippen LogP contribution in [0.4, 0.5) is 5.82 Å². The van der Waals surface area contributed by atoms with Crippen molar-refractivity contribution < 1.29 is 0 Å². The van der Waals surface area contributed by atoms with E-state index in [1.807, 2.05) is 0 Å². The van der Waals surface area contributed by atoms with Crippen molar-refractivity contribution in [2.45, 2.75) is 31.7 Å². The van der Waals surface area contributed by atoms with Crippen molar-refractivity contribution in [3.05, 3.63) is 22.7 Å². The van der Waals surface area contributed by atoms with E-state index in [-0.39, 0.29) is 5.56 Å². The monoisotopic (exact) mass is 285 g/mol. The van der Waals surface area contributed by atoms with Crippen LogP contribution in [0, 0.1) is 0 Å². The quantitative estimate of drug-likeness (QED) is 0.864. The molecule has 1 unspecified atom stereocenters. The highest BCUT2D eigenvalue weighted by Crippen LogP contribution is 2.23. The Kier molecular flexibility index (Phi) is 3.98. The summed E-state index contributed by atoms with van der Waals surface area (Å²) in [5.74, 6) is 0.577. The number of piperidine rings is 1. The van der Waals surface area contributed by atoms with Crippen molar-refractivity contribution in [1.82, 2.24) is 9.97 Å². The molecule has 88 valence electrons. The standard InChI is InChI=1S/C11H16BrN3O/c12-5-4-9-3-1-2-8-15(9)10-11(16)14-7-6-13-10/h6-7,9H,1-5,8H2,(H,14,16). The van der Waals surface area contributed by atoms with Crippen molar-refractivity contribution in [2.75, 3.05) is 16.8 Å². The normalized spacial score (nSPS) is 21.1. The molecule has 4 nitrogen and oxygen atoms in total. The topological polar surface area (TPSA) is 49.0 Å². The molecule has 1 aromatic rings. The summed E-state index contributed by atoms with van der Waals surface area (Å²) in [5.41, 5.74) is -0.0797. The predicted octanol–water partition coefficient (Wildman–Crippen LogP) is 1.91. The Morgan fingerprint density at radius 1 is 1.56 bits per heavy atom. The fraction of sp³-hybridized carbons (Fsp3) is 0.636. The molecule has 1 saturated heterocycles. The number of nitrogens with one attached hydrogen (secondary N) is 1. The zero-order valence-electron chi connectivity index (χ0n) is 9.16. The molecular weight excluding hydrogens is 270 g/mol. The van der Waals surface area contributed by atoms with Gasteiger partial charge in [-0.05, 0) is 25.7 Å². The molecule has 1 aromatic heterocycles. The molecule has 0 amide bonds. The number of hydrogen-bond donors (Lipinski definition) is 1. The number of rotatable bonds is 3. The van der Waals surface area contributed by atoms with Crippen molar-refractivity contribution in [1.29, 1.82) is 0 Å². The zero-order chi connectivity index (χ0) is 11.4. The van der Waals surface area contributed by atoms with E-state index >= 15 is 0 Å². The Morgan fingerprint density at radius 3 is 3.19 bits per heavy atom. The molecule has 0 saturated carbocycles. The summed E-state index contributed by atoms with van der Waals surface area (Å²) in [6, 6.07) is 0.448. The molecule has 0 aromatic carbocycles. The number of halogens is 1. The highest BCUT2D eigenvalue weighted by molar-refractivity contribution is 9.09. The van der Waals surface area contributed by atoms with Gasteiger partial charge in [-0.2, -0.15) is 0 Å². The van der Waals surface area contributed by atoms with Gasteiger partial charge in [0.15, 0.2) is 5.82 Å². The first-order chi connectivity index (χ1) is 7.83. The SMILES string of the molecule is O=c1[nH]ccnc1N1CCCCC1CCBr. The van der Waals surface area contributed by atoms with Crippen LogP contribution in [-0.4, -0.2) is 27.9 Å². The number of aromatic nitrogens is 2. The van der Waals surface area contributed by atoms with Gasteiger partial charge in [0.05, 0.1) is 0 Å².